The summed E-state index contributed by atoms with van der Waals surface area (Å²) in [6.45, 7) is 2.18. The van der Waals surface area contributed by atoms with Crippen LogP contribution in [0.1, 0.15) is 65.2 Å². The zero-order chi connectivity index (χ0) is 26.4. The lowest BCUT2D eigenvalue weighted by molar-refractivity contribution is 0.0692. The Balaban J connectivity index is 1.53. The first-order valence-electron chi connectivity index (χ1n) is 12.5. The highest BCUT2D eigenvalue weighted by Gasteiger charge is 2.33. The molecule has 0 radical (unpaired) electrons. The standard InChI is InChI=1S/C30H30FNO4S/c1-2-3-4-22-5-7-23(8-6-22)9-10-24-11-13-25(14-12-24)20-32(37(35,36)21-26-15-16-26)27-17-18-29(31)28(19-27)30(33)34/h5-8,11-14,17-19,26H,2-4,15-16,20-21H2,1H3,(H,33,34). The molecule has 1 aliphatic carbocycles. The van der Waals surface area contributed by atoms with E-state index in [0.29, 0.717) is 5.56 Å². The zero-order valence-electron chi connectivity index (χ0n) is 20.8. The van der Waals surface area contributed by atoms with Crippen LogP contribution < -0.4 is 4.31 Å². The number of sulfonamides is 1. The number of halogens is 1. The van der Waals surface area contributed by atoms with Crippen LogP contribution in [-0.2, 0) is 23.0 Å². The number of unbranched alkanes of at least 4 members (excludes halogenated alkanes) is 1. The van der Waals surface area contributed by atoms with Gasteiger partial charge in [-0.2, -0.15) is 0 Å². The van der Waals surface area contributed by atoms with Gasteiger partial charge in [0.15, 0.2) is 0 Å². The van der Waals surface area contributed by atoms with Crippen molar-refractivity contribution in [1.82, 2.24) is 0 Å². The third-order valence-corrected chi connectivity index (χ3v) is 8.26. The molecule has 0 heterocycles. The maximum atomic E-state index is 14.0. The molecular weight excluding hydrogens is 489 g/mol. The van der Waals surface area contributed by atoms with E-state index in [-0.39, 0.29) is 23.9 Å². The highest BCUT2D eigenvalue weighted by atomic mass is 32.2. The number of nitrogens with zero attached hydrogens (tertiary/aromatic N) is 1. The Hall–Kier alpha value is -3.63. The van der Waals surface area contributed by atoms with Gasteiger partial charge >= 0.3 is 5.97 Å². The monoisotopic (exact) mass is 519 g/mol. The smallest absolute Gasteiger partial charge is 0.338 e. The maximum Gasteiger partial charge on any atom is 0.338 e. The molecule has 0 bridgehead atoms. The number of carboxylic acids is 1. The van der Waals surface area contributed by atoms with Crippen LogP contribution in [-0.4, -0.2) is 25.2 Å². The fraction of sp³-hybridized carbons (Fsp3) is 0.300. The van der Waals surface area contributed by atoms with Crippen molar-refractivity contribution in [1.29, 1.82) is 0 Å². The minimum atomic E-state index is -3.74. The summed E-state index contributed by atoms with van der Waals surface area (Å²) in [7, 11) is -3.74. The predicted molar refractivity (Wildman–Crippen MR) is 144 cm³/mol. The Labute approximate surface area is 218 Å². The Morgan fingerprint density at radius 3 is 2.11 bits per heavy atom. The second-order valence-corrected chi connectivity index (χ2v) is 11.4. The van der Waals surface area contributed by atoms with Crippen molar-refractivity contribution < 1.29 is 22.7 Å². The topological polar surface area (TPSA) is 74.7 Å². The molecule has 37 heavy (non-hydrogen) atoms. The fourth-order valence-corrected chi connectivity index (χ4v) is 5.88. The summed E-state index contributed by atoms with van der Waals surface area (Å²) in [4.78, 5) is 11.4. The minimum Gasteiger partial charge on any atom is -0.478 e. The number of rotatable bonds is 10. The van der Waals surface area contributed by atoms with E-state index >= 15 is 0 Å². The number of benzene rings is 3. The summed E-state index contributed by atoms with van der Waals surface area (Å²) in [5, 5.41) is 9.31. The molecular formula is C30H30FNO4S. The molecule has 192 valence electrons. The molecule has 3 aromatic carbocycles. The van der Waals surface area contributed by atoms with Crippen molar-refractivity contribution in [3.63, 3.8) is 0 Å². The molecule has 4 rings (SSSR count). The first kappa shape index (κ1) is 26.4. The van der Waals surface area contributed by atoms with Gasteiger partial charge in [-0.05, 0) is 85.2 Å². The van der Waals surface area contributed by atoms with Crippen LogP contribution >= 0.6 is 0 Å². The Morgan fingerprint density at radius 2 is 1.57 bits per heavy atom. The minimum absolute atomic E-state index is 0.00662. The molecule has 0 unspecified atom stereocenters. The number of anilines is 1. The number of carbonyl (C=O) groups is 1. The van der Waals surface area contributed by atoms with E-state index in [9.17, 15) is 22.7 Å². The molecule has 1 fully saturated rings. The number of hydrogen-bond acceptors (Lipinski definition) is 3. The number of aryl methyl sites for hydroxylation is 1. The van der Waals surface area contributed by atoms with E-state index in [0.717, 1.165) is 48.9 Å². The number of hydrogen-bond donors (Lipinski definition) is 1. The van der Waals surface area contributed by atoms with Gasteiger partial charge in [0.2, 0.25) is 10.0 Å². The van der Waals surface area contributed by atoms with Crippen molar-refractivity contribution in [2.24, 2.45) is 5.92 Å². The Morgan fingerprint density at radius 1 is 0.973 bits per heavy atom. The van der Waals surface area contributed by atoms with Gasteiger partial charge in [0.1, 0.15) is 5.82 Å². The predicted octanol–water partition coefficient (Wildman–Crippen LogP) is 6.01. The van der Waals surface area contributed by atoms with Crippen molar-refractivity contribution in [2.75, 3.05) is 10.1 Å². The summed E-state index contributed by atoms with van der Waals surface area (Å²) >= 11 is 0. The average Bonchev–Trinajstić information content (AvgIpc) is 3.69. The SMILES string of the molecule is CCCCc1ccc(C#Cc2ccc(CN(c3ccc(F)c(C(=O)O)c3)S(=O)(=O)CC3CC3)cc2)cc1. The van der Waals surface area contributed by atoms with Gasteiger partial charge in [-0.25, -0.2) is 17.6 Å². The first-order chi connectivity index (χ1) is 17.7. The van der Waals surface area contributed by atoms with E-state index in [1.54, 1.807) is 12.1 Å². The van der Waals surface area contributed by atoms with E-state index in [1.807, 2.05) is 24.3 Å². The van der Waals surface area contributed by atoms with E-state index in [1.165, 1.54) is 22.4 Å². The molecule has 0 saturated heterocycles. The lowest BCUT2D eigenvalue weighted by Gasteiger charge is -2.25. The first-order valence-corrected chi connectivity index (χ1v) is 14.1. The molecule has 0 atom stereocenters. The molecule has 1 aliphatic rings. The maximum absolute atomic E-state index is 14.0. The second kappa shape index (κ2) is 11.6. The summed E-state index contributed by atoms with van der Waals surface area (Å²) in [5.74, 6) is 4.02. The van der Waals surface area contributed by atoms with Gasteiger partial charge in [0.25, 0.3) is 0 Å². The van der Waals surface area contributed by atoms with Gasteiger partial charge in [0.05, 0.1) is 23.5 Å². The van der Waals surface area contributed by atoms with E-state index in [4.69, 9.17) is 0 Å². The van der Waals surface area contributed by atoms with Crippen molar-refractivity contribution >= 4 is 21.7 Å². The zero-order valence-corrected chi connectivity index (χ0v) is 21.6. The van der Waals surface area contributed by atoms with E-state index in [2.05, 4.69) is 30.9 Å². The van der Waals surface area contributed by atoms with Gasteiger partial charge < -0.3 is 5.11 Å². The quantitative estimate of drug-likeness (QED) is 0.333. The molecule has 1 saturated carbocycles. The van der Waals surface area contributed by atoms with Gasteiger partial charge in [-0.3, -0.25) is 4.31 Å². The molecule has 3 aromatic rings. The van der Waals surface area contributed by atoms with Crippen LogP contribution in [0, 0.1) is 23.6 Å². The molecule has 0 aliphatic heterocycles. The largest absolute Gasteiger partial charge is 0.478 e. The molecule has 0 aromatic heterocycles. The number of carboxylic acid groups (broad SMARTS) is 1. The molecule has 1 N–H and O–H groups in total. The summed E-state index contributed by atoms with van der Waals surface area (Å²) < 4.78 is 41.6. The lowest BCUT2D eigenvalue weighted by Crippen LogP contribution is -2.33. The highest BCUT2D eigenvalue weighted by Crippen LogP contribution is 2.33. The average molecular weight is 520 g/mol. The Bertz CT molecular complexity index is 1420. The second-order valence-electron chi connectivity index (χ2n) is 9.45. The van der Waals surface area contributed by atoms with Gasteiger partial charge in [-0.15, -0.1) is 0 Å². The lowest BCUT2D eigenvalue weighted by atomic mass is 10.1. The van der Waals surface area contributed by atoms with Gasteiger partial charge in [0, 0.05) is 11.1 Å². The Kier molecular flexibility index (Phi) is 8.30. The molecule has 0 amide bonds. The van der Waals surface area contributed by atoms with E-state index < -0.39 is 27.4 Å². The van der Waals surface area contributed by atoms with Crippen molar-refractivity contribution in [3.8, 4) is 11.8 Å². The van der Waals surface area contributed by atoms with Crippen LogP contribution in [0.4, 0.5) is 10.1 Å². The summed E-state index contributed by atoms with van der Waals surface area (Å²) in [6, 6.07) is 18.9. The molecule has 7 heteroatoms. The molecule has 5 nitrogen and oxygen atoms in total. The highest BCUT2D eigenvalue weighted by molar-refractivity contribution is 7.92. The molecule has 0 spiro atoms. The van der Waals surface area contributed by atoms with Gasteiger partial charge in [-0.1, -0.05) is 49.5 Å². The summed E-state index contributed by atoms with van der Waals surface area (Å²) in [6.07, 6.45) is 5.10. The fourth-order valence-electron chi connectivity index (χ4n) is 3.99. The van der Waals surface area contributed by atoms with Crippen LogP contribution in [0.3, 0.4) is 0 Å². The van der Waals surface area contributed by atoms with Crippen LogP contribution in [0.15, 0.2) is 66.7 Å². The van der Waals surface area contributed by atoms with Crippen molar-refractivity contribution in [3.05, 3.63) is 100 Å². The third kappa shape index (κ3) is 7.21. The third-order valence-electron chi connectivity index (χ3n) is 6.35. The van der Waals surface area contributed by atoms with Crippen LogP contribution in [0.25, 0.3) is 0 Å². The summed E-state index contributed by atoms with van der Waals surface area (Å²) in [5.41, 5.74) is 3.30. The normalized spacial score (nSPS) is 13.0. The number of aromatic carboxylic acids is 1. The van der Waals surface area contributed by atoms with Crippen LogP contribution in [0.2, 0.25) is 0 Å². The van der Waals surface area contributed by atoms with Crippen molar-refractivity contribution in [2.45, 2.75) is 45.6 Å². The van der Waals surface area contributed by atoms with Crippen LogP contribution in [0.5, 0.6) is 0 Å².